The van der Waals surface area contributed by atoms with Crippen molar-refractivity contribution in [2.24, 2.45) is 0 Å². The average molecular weight is 243 g/mol. The minimum absolute atomic E-state index is 0.458. The van der Waals surface area contributed by atoms with Crippen molar-refractivity contribution in [2.45, 2.75) is 13.0 Å². The Bertz CT molecular complexity index is 448. The molecule has 0 aliphatic heterocycles. The Balaban J connectivity index is 2.84. The second-order valence-corrected chi connectivity index (χ2v) is 3.32. The Hall–Kier alpha value is -1.98. The second kappa shape index (κ2) is 5.38. The molecule has 6 heteroatoms. The highest BCUT2D eigenvalue weighted by molar-refractivity contribution is 5.96. The molecule has 4 nitrogen and oxygen atoms in total. The molecular formula is C11H11F2NO3. The lowest BCUT2D eigenvalue weighted by atomic mass is 10.2. The zero-order valence-corrected chi connectivity index (χ0v) is 9.29. The molecule has 0 aliphatic rings. The summed E-state index contributed by atoms with van der Waals surface area (Å²) in [5, 5.41) is 2.19. The summed E-state index contributed by atoms with van der Waals surface area (Å²) in [5.74, 6) is -3.92. The number of benzene rings is 1. The van der Waals surface area contributed by atoms with Crippen LogP contribution in [-0.2, 0) is 9.53 Å². The summed E-state index contributed by atoms with van der Waals surface area (Å²) >= 11 is 0. The highest BCUT2D eigenvalue weighted by Crippen LogP contribution is 2.11. The van der Waals surface area contributed by atoms with Crippen molar-refractivity contribution in [2.75, 3.05) is 7.11 Å². The largest absolute Gasteiger partial charge is 0.467 e. The van der Waals surface area contributed by atoms with Gasteiger partial charge in [0.15, 0.2) is 11.6 Å². The summed E-state index contributed by atoms with van der Waals surface area (Å²) < 4.78 is 30.5. The van der Waals surface area contributed by atoms with Crippen LogP contribution in [0.1, 0.15) is 17.3 Å². The minimum atomic E-state index is -1.25. The molecule has 0 saturated heterocycles. The molecule has 0 fully saturated rings. The molecule has 1 atom stereocenters. The van der Waals surface area contributed by atoms with Crippen molar-refractivity contribution in [3.8, 4) is 0 Å². The van der Waals surface area contributed by atoms with Crippen LogP contribution >= 0.6 is 0 Å². The maximum Gasteiger partial charge on any atom is 0.328 e. The maximum absolute atomic E-state index is 13.2. The van der Waals surface area contributed by atoms with Crippen molar-refractivity contribution in [1.29, 1.82) is 0 Å². The minimum Gasteiger partial charge on any atom is -0.467 e. The van der Waals surface area contributed by atoms with Crippen LogP contribution in [-0.4, -0.2) is 25.0 Å². The highest BCUT2D eigenvalue weighted by Gasteiger charge is 2.20. The number of carbonyl (C=O) groups is 2. The number of amides is 1. The van der Waals surface area contributed by atoms with Crippen molar-refractivity contribution in [3.05, 3.63) is 35.4 Å². The van der Waals surface area contributed by atoms with Gasteiger partial charge in [-0.05, 0) is 19.1 Å². The van der Waals surface area contributed by atoms with Gasteiger partial charge in [0.05, 0.1) is 12.7 Å². The van der Waals surface area contributed by atoms with E-state index in [0.29, 0.717) is 0 Å². The van der Waals surface area contributed by atoms with Crippen LogP contribution in [0.3, 0.4) is 0 Å². The monoisotopic (exact) mass is 243 g/mol. The quantitative estimate of drug-likeness (QED) is 0.813. The number of rotatable bonds is 3. The van der Waals surface area contributed by atoms with Gasteiger partial charge < -0.3 is 10.1 Å². The van der Waals surface area contributed by atoms with Crippen LogP contribution in [0.2, 0.25) is 0 Å². The van der Waals surface area contributed by atoms with E-state index < -0.39 is 35.1 Å². The van der Waals surface area contributed by atoms with Gasteiger partial charge in [-0.2, -0.15) is 0 Å². The lowest BCUT2D eigenvalue weighted by Gasteiger charge is -2.11. The number of esters is 1. The summed E-state index contributed by atoms with van der Waals surface area (Å²) in [5.41, 5.74) is -0.458. The van der Waals surface area contributed by atoms with E-state index in [2.05, 4.69) is 10.1 Å². The lowest BCUT2D eigenvalue weighted by Crippen LogP contribution is -2.39. The molecule has 0 heterocycles. The zero-order chi connectivity index (χ0) is 13.0. The maximum atomic E-state index is 13.2. The molecule has 0 unspecified atom stereocenters. The van der Waals surface area contributed by atoms with Crippen LogP contribution < -0.4 is 5.32 Å². The third kappa shape index (κ3) is 2.99. The fourth-order valence-electron chi connectivity index (χ4n) is 1.19. The van der Waals surface area contributed by atoms with E-state index in [1.807, 2.05) is 0 Å². The zero-order valence-electron chi connectivity index (χ0n) is 9.29. The first-order valence-corrected chi connectivity index (χ1v) is 4.80. The number of halogens is 2. The molecule has 0 spiro atoms. The molecule has 17 heavy (non-hydrogen) atoms. The van der Waals surface area contributed by atoms with E-state index >= 15 is 0 Å². The fraction of sp³-hybridized carbons (Fsp3) is 0.273. The first kappa shape index (κ1) is 13.1. The predicted molar refractivity (Wildman–Crippen MR) is 55.3 cm³/mol. The molecule has 0 aliphatic carbocycles. The molecular weight excluding hydrogens is 232 g/mol. The number of carbonyl (C=O) groups excluding carboxylic acids is 2. The van der Waals surface area contributed by atoms with Crippen LogP contribution in [0.5, 0.6) is 0 Å². The number of ether oxygens (including phenoxy) is 1. The van der Waals surface area contributed by atoms with Crippen molar-refractivity contribution in [3.63, 3.8) is 0 Å². The van der Waals surface area contributed by atoms with Gasteiger partial charge in [0.2, 0.25) is 0 Å². The highest BCUT2D eigenvalue weighted by atomic mass is 19.2. The first-order chi connectivity index (χ1) is 7.97. The molecule has 1 aromatic carbocycles. The van der Waals surface area contributed by atoms with Crippen LogP contribution in [0, 0.1) is 11.6 Å². The molecule has 1 rings (SSSR count). The van der Waals surface area contributed by atoms with E-state index in [9.17, 15) is 18.4 Å². The molecule has 1 aromatic rings. The Kier molecular flexibility index (Phi) is 4.14. The Labute approximate surface area is 96.6 Å². The van der Waals surface area contributed by atoms with Gasteiger partial charge in [0.25, 0.3) is 5.91 Å². The summed E-state index contributed by atoms with van der Waals surface area (Å²) in [6, 6.07) is 2.29. The van der Waals surface area contributed by atoms with Crippen molar-refractivity contribution >= 4 is 11.9 Å². The molecule has 0 radical (unpaired) electrons. The van der Waals surface area contributed by atoms with E-state index in [0.717, 1.165) is 19.2 Å². The number of nitrogens with one attached hydrogen (secondary N) is 1. The Morgan fingerprint density at radius 3 is 2.59 bits per heavy atom. The van der Waals surface area contributed by atoms with Crippen molar-refractivity contribution < 1.29 is 23.1 Å². The Morgan fingerprint density at radius 2 is 2.00 bits per heavy atom. The van der Waals surface area contributed by atoms with E-state index in [4.69, 9.17) is 0 Å². The molecule has 92 valence electrons. The molecule has 0 aromatic heterocycles. The van der Waals surface area contributed by atoms with Crippen molar-refractivity contribution in [1.82, 2.24) is 5.32 Å². The number of hydrogen-bond acceptors (Lipinski definition) is 3. The molecule has 1 amide bonds. The van der Waals surface area contributed by atoms with Gasteiger partial charge in [-0.25, -0.2) is 13.6 Å². The van der Waals surface area contributed by atoms with Gasteiger partial charge in [0.1, 0.15) is 6.04 Å². The molecule has 1 N–H and O–H groups in total. The summed E-state index contributed by atoms with van der Waals surface area (Å²) in [7, 11) is 1.16. The van der Waals surface area contributed by atoms with E-state index in [-0.39, 0.29) is 0 Å². The number of hydrogen-bond donors (Lipinski definition) is 1. The lowest BCUT2D eigenvalue weighted by molar-refractivity contribution is -0.142. The smallest absolute Gasteiger partial charge is 0.328 e. The normalized spacial score (nSPS) is 11.8. The van der Waals surface area contributed by atoms with Gasteiger partial charge in [-0.1, -0.05) is 6.07 Å². The van der Waals surface area contributed by atoms with Crippen LogP contribution in [0.15, 0.2) is 18.2 Å². The van der Waals surface area contributed by atoms with Gasteiger partial charge in [-0.15, -0.1) is 0 Å². The van der Waals surface area contributed by atoms with Gasteiger partial charge >= 0.3 is 5.97 Å². The third-order valence-electron chi connectivity index (χ3n) is 2.10. The first-order valence-electron chi connectivity index (χ1n) is 4.80. The van der Waals surface area contributed by atoms with Gasteiger partial charge in [-0.3, -0.25) is 4.79 Å². The van der Waals surface area contributed by atoms with E-state index in [1.54, 1.807) is 0 Å². The molecule has 0 saturated carbocycles. The standard InChI is InChI=1S/C11H11F2NO3/c1-6(11(16)17-2)14-10(15)7-4-3-5-8(12)9(7)13/h3-6H,1-2H3,(H,14,15)/t6-/m0/s1. The van der Waals surface area contributed by atoms with Crippen LogP contribution in [0.4, 0.5) is 8.78 Å². The Morgan fingerprint density at radius 1 is 1.35 bits per heavy atom. The third-order valence-corrected chi connectivity index (χ3v) is 2.10. The summed E-state index contributed by atoms with van der Waals surface area (Å²) in [6.45, 7) is 1.38. The SMILES string of the molecule is COC(=O)[C@H](C)NC(=O)c1cccc(F)c1F. The topological polar surface area (TPSA) is 55.4 Å². The average Bonchev–Trinajstić information content (AvgIpc) is 2.31. The molecule has 0 bridgehead atoms. The number of methoxy groups -OCH3 is 1. The summed E-state index contributed by atoms with van der Waals surface area (Å²) in [4.78, 5) is 22.5. The second-order valence-electron chi connectivity index (χ2n) is 3.32. The van der Waals surface area contributed by atoms with E-state index in [1.165, 1.54) is 13.0 Å². The summed E-state index contributed by atoms with van der Waals surface area (Å²) in [6.07, 6.45) is 0. The fourth-order valence-corrected chi connectivity index (χ4v) is 1.19. The predicted octanol–water partition coefficient (Wildman–Crippen LogP) is 1.26. The van der Waals surface area contributed by atoms with Crippen LogP contribution in [0.25, 0.3) is 0 Å². The van der Waals surface area contributed by atoms with Gasteiger partial charge in [0, 0.05) is 0 Å².